The lowest BCUT2D eigenvalue weighted by atomic mass is 9.99. The van der Waals surface area contributed by atoms with Crippen LogP contribution in [0, 0.1) is 0 Å². The first-order valence-electron chi connectivity index (χ1n) is 12.3. The maximum Gasteiger partial charge on any atom is 0.270 e. The van der Waals surface area contributed by atoms with Crippen LogP contribution in [0.5, 0.6) is 11.5 Å². The molecule has 0 atom stereocenters. The van der Waals surface area contributed by atoms with Crippen molar-refractivity contribution in [2.24, 2.45) is 0 Å². The molecule has 0 spiro atoms. The van der Waals surface area contributed by atoms with E-state index >= 15 is 0 Å². The number of benzene rings is 3. The van der Waals surface area contributed by atoms with Crippen molar-refractivity contribution < 1.29 is 14.3 Å². The number of hydrogen-bond donors (Lipinski definition) is 2. The van der Waals surface area contributed by atoms with Gasteiger partial charge in [-0.25, -0.2) is 4.98 Å². The lowest BCUT2D eigenvalue weighted by Gasteiger charge is -2.12. The number of amides is 1. The standard InChI is InChI=1S/C30H23N5O3S2/c1-37-22-14-13-19(15-23(22)38-2)20-16-21(17-9-5-3-6-10-17)32-29-24(20)25(31)26(39-29)27(36)33-30-34-28(40-35-30)18-11-7-4-8-12-18/h3-16H,31H2,1-2H3,(H,33,35,36). The molecule has 0 aliphatic carbocycles. The van der Waals surface area contributed by atoms with E-state index in [0.29, 0.717) is 37.3 Å². The number of pyridine rings is 1. The smallest absolute Gasteiger partial charge is 0.270 e. The number of anilines is 2. The summed E-state index contributed by atoms with van der Waals surface area (Å²) in [6.45, 7) is 0. The molecule has 198 valence electrons. The molecule has 0 saturated carbocycles. The minimum atomic E-state index is -0.391. The van der Waals surface area contributed by atoms with Gasteiger partial charge in [-0.3, -0.25) is 10.1 Å². The van der Waals surface area contributed by atoms with Gasteiger partial charge in [-0.05, 0) is 40.9 Å². The Balaban J connectivity index is 1.44. The van der Waals surface area contributed by atoms with E-state index in [0.717, 1.165) is 27.9 Å². The SMILES string of the molecule is COc1ccc(-c2cc(-c3ccccc3)nc3sc(C(=O)Nc4nsc(-c5ccccc5)n4)c(N)c23)cc1OC. The zero-order valence-corrected chi connectivity index (χ0v) is 23.2. The molecule has 40 heavy (non-hydrogen) atoms. The normalized spacial score (nSPS) is 10.9. The van der Waals surface area contributed by atoms with Crippen molar-refractivity contribution in [1.82, 2.24) is 14.3 Å². The minimum Gasteiger partial charge on any atom is -0.493 e. The number of rotatable bonds is 7. The maximum atomic E-state index is 13.4. The van der Waals surface area contributed by atoms with Crippen molar-refractivity contribution in [2.45, 2.75) is 0 Å². The van der Waals surface area contributed by atoms with Crippen molar-refractivity contribution in [3.8, 4) is 44.5 Å². The number of fused-ring (bicyclic) bond motifs is 1. The van der Waals surface area contributed by atoms with Crippen molar-refractivity contribution in [2.75, 3.05) is 25.3 Å². The fourth-order valence-corrected chi connectivity index (χ4v) is 6.05. The van der Waals surface area contributed by atoms with E-state index in [1.54, 1.807) is 14.2 Å². The summed E-state index contributed by atoms with van der Waals surface area (Å²) >= 11 is 2.45. The van der Waals surface area contributed by atoms with Gasteiger partial charge < -0.3 is 15.2 Å². The third kappa shape index (κ3) is 4.74. The van der Waals surface area contributed by atoms with Gasteiger partial charge in [-0.1, -0.05) is 66.7 Å². The van der Waals surface area contributed by atoms with Crippen LogP contribution in [0.4, 0.5) is 11.6 Å². The predicted molar refractivity (Wildman–Crippen MR) is 161 cm³/mol. The number of nitrogens with one attached hydrogen (secondary N) is 1. The van der Waals surface area contributed by atoms with E-state index in [-0.39, 0.29) is 5.95 Å². The second-order valence-corrected chi connectivity index (χ2v) is 10.5. The van der Waals surface area contributed by atoms with E-state index in [9.17, 15) is 4.79 Å². The van der Waals surface area contributed by atoms with Gasteiger partial charge in [-0.15, -0.1) is 11.3 Å². The molecule has 1 amide bonds. The van der Waals surface area contributed by atoms with Crippen LogP contribution in [0.15, 0.2) is 84.9 Å². The highest BCUT2D eigenvalue weighted by Gasteiger charge is 2.23. The van der Waals surface area contributed by atoms with Crippen molar-refractivity contribution in [1.29, 1.82) is 0 Å². The first-order chi connectivity index (χ1) is 19.6. The topological polar surface area (TPSA) is 112 Å². The van der Waals surface area contributed by atoms with Crippen LogP contribution < -0.4 is 20.5 Å². The summed E-state index contributed by atoms with van der Waals surface area (Å²) in [4.78, 5) is 23.8. The molecule has 0 bridgehead atoms. The van der Waals surface area contributed by atoms with Gasteiger partial charge in [0.1, 0.15) is 14.7 Å². The molecule has 3 aromatic heterocycles. The summed E-state index contributed by atoms with van der Waals surface area (Å²) in [5, 5.41) is 4.21. The molecule has 6 aromatic rings. The molecule has 0 saturated heterocycles. The molecule has 0 fully saturated rings. The molecule has 0 unspecified atom stereocenters. The molecule has 3 aromatic carbocycles. The summed E-state index contributed by atoms with van der Waals surface area (Å²) in [7, 11) is 3.19. The predicted octanol–water partition coefficient (Wildman–Crippen LogP) is 7.00. The number of hydrogen-bond acceptors (Lipinski definition) is 9. The summed E-state index contributed by atoms with van der Waals surface area (Å²) < 4.78 is 15.3. The van der Waals surface area contributed by atoms with Crippen LogP contribution in [0.2, 0.25) is 0 Å². The molecule has 3 N–H and O–H groups in total. The molecule has 3 heterocycles. The zero-order chi connectivity index (χ0) is 27.6. The molecule has 6 rings (SSSR count). The Hall–Kier alpha value is -4.80. The Bertz CT molecular complexity index is 1840. The number of methoxy groups -OCH3 is 2. The van der Waals surface area contributed by atoms with Crippen molar-refractivity contribution >= 4 is 50.6 Å². The lowest BCUT2D eigenvalue weighted by Crippen LogP contribution is -2.13. The number of nitrogens with two attached hydrogens (primary N) is 1. The van der Waals surface area contributed by atoms with Crippen LogP contribution in [-0.2, 0) is 0 Å². The quantitative estimate of drug-likeness (QED) is 0.214. The fourth-order valence-electron chi connectivity index (χ4n) is 4.41. The second kappa shape index (κ2) is 10.8. The van der Waals surface area contributed by atoms with Gasteiger partial charge >= 0.3 is 0 Å². The van der Waals surface area contributed by atoms with E-state index < -0.39 is 5.91 Å². The first kappa shape index (κ1) is 25.5. The van der Waals surface area contributed by atoms with E-state index in [2.05, 4.69) is 14.7 Å². The maximum absolute atomic E-state index is 13.4. The Kier molecular flexibility index (Phi) is 6.85. The Morgan fingerprint density at radius 3 is 2.23 bits per heavy atom. The number of nitrogens with zero attached hydrogens (tertiary/aromatic N) is 3. The first-order valence-corrected chi connectivity index (χ1v) is 13.9. The monoisotopic (exact) mass is 565 g/mol. The number of carbonyl (C=O) groups excluding carboxylic acids is 1. The van der Waals surface area contributed by atoms with E-state index in [1.165, 1.54) is 22.9 Å². The van der Waals surface area contributed by atoms with Crippen molar-refractivity contribution in [3.05, 3.63) is 89.8 Å². The van der Waals surface area contributed by atoms with Crippen LogP contribution in [0.1, 0.15) is 9.67 Å². The van der Waals surface area contributed by atoms with E-state index in [4.69, 9.17) is 20.2 Å². The Morgan fingerprint density at radius 1 is 0.825 bits per heavy atom. The average Bonchev–Trinajstić information content (AvgIpc) is 3.61. The van der Waals surface area contributed by atoms with Gasteiger partial charge in [0.2, 0.25) is 5.95 Å². The van der Waals surface area contributed by atoms with Gasteiger partial charge in [0.05, 0.1) is 25.6 Å². The summed E-state index contributed by atoms with van der Waals surface area (Å²) in [5.74, 6) is 1.03. The van der Waals surface area contributed by atoms with Crippen LogP contribution in [0.3, 0.4) is 0 Å². The molecule has 10 heteroatoms. The number of nitrogen functional groups attached to an aromatic ring is 1. The Labute approximate surface area is 238 Å². The van der Waals surface area contributed by atoms with Crippen LogP contribution >= 0.6 is 22.9 Å². The van der Waals surface area contributed by atoms with Gasteiger partial charge in [0, 0.05) is 16.5 Å². The summed E-state index contributed by atoms with van der Waals surface area (Å²) in [6.07, 6.45) is 0. The molecule has 0 radical (unpaired) electrons. The third-order valence-electron chi connectivity index (χ3n) is 6.34. The third-order valence-corrected chi connectivity index (χ3v) is 8.20. The van der Waals surface area contributed by atoms with E-state index in [1.807, 2.05) is 84.9 Å². The number of aromatic nitrogens is 3. The Morgan fingerprint density at radius 2 is 1.52 bits per heavy atom. The lowest BCUT2D eigenvalue weighted by molar-refractivity contribution is 0.103. The highest BCUT2D eigenvalue weighted by atomic mass is 32.1. The number of carbonyl (C=O) groups is 1. The zero-order valence-electron chi connectivity index (χ0n) is 21.5. The van der Waals surface area contributed by atoms with Gasteiger partial charge in [-0.2, -0.15) is 9.36 Å². The molecular weight excluding hydrogens is 542 g/mol. The van der Waals surface area contributed by atoms with Crippen LogP contribution in [0.25, 0.3) is 43.2 Å². The van der Waals surface area contributed by atoms with Gasteiger partial charge in [0.25, 0.3) is 5.91 Å². The molecule has 8 nitrogen and oxygen atoms in total. The number of thiophene rings is 1. The van der Waals surface area contributed by atoms with Crippen molar-refractivity contribution in [3.63, 3.8) is 0 Å². The highest BCUT2D eigenvalue weighted by molar-refractivity contribution is 7.21. The van der Waals surface area contributed by atoms with Crippen LogP contribution in [-0.4, -0.2) is 34.5 Å². The fraction of sp³-hybridized carbons (Fsp3) is 0.0667. The summed E-state index contributed by atoms with van der Waals surface area (Å²) in [6, 6.07) is 27.2. The molecule has 0 aliphatic heterocycles. The minimum absolute atomic E-state index is 0.226. The molecular formula is C30H23N5O3S2. The number of ether oxygens (including phenoxy) is 2. The average molecular weight is 566 g/mol. The summed E-state index contributed by atoms with van der Waals surface area (Å²) in [5.41, 5.74) is 11.3. The second-order valence-electron chi connectivity index (χ2n) is 8.76. The largest absolute Gasteiger partial charge is 0.493 e. The molecule has 0 aliphatic rings. The highest BCUT2D eigenvalue weighted by Crippen LogP contribution is 2.43. The van der Waals surface area contributed by atoms with Gasteiger partial charge in [0.15, 0.2) is 11.5 Å².